The normalized spacial score (nSPS) is 12.6. The third kappa shape index (κ3) is 2.94. The van der Waals surface area contributed by atoms with E-state index in [1.807, 2.05) is 0 Å². The van der Waals surface area contributed by atoms with Crippen molar-refractivity contribution in [2.24, 2.45) is 0 Å². The highest BCUT2D eigenvalue weighted by Crippen LogP contribution is 2.27. The zero-order chi connectivity index (χ0) is 13.0. The van der Waals surface area contributed by atoms with Crippen molar-refractivity contribution in [1.29, 1.82) is 0 Å². The summed E-state index contributed by atoms with van der Waals surface area (Å²) < 4.78 is 13.9. The number of aryl methyl sites for hydroxylation is 1. The lowest BCUT2D eigenvalue weighted by molar-refractivity contribution is 0.544. The molecule has 4 heteroatoms. The van der Waals surface area contributed by atoms with E-state index in [1.165, 1.54) is 11.1 Å². The minimum absolute atomic E-state index is 0.0853. The van der Waals surface area contributed by atoms with E-state index in [1.54, 1.807) is 23.6 Å². The van der Waals surface area contributed by atoms with Gasteiger partial charge in [-0.2, -0.15) is 0 Å². The van der Waals surface area contributed by atoms with Crippen LogP contribution < -0.4 is 5.32 Å². The Morgan fingerprint density at radius 2 is 2.33 bits per heavy atom. The smallest absolute Gasteiger partial charge is 0.146 e. The van der Waals surface area contributed by atoms with Gasteiger partial charge in [0.05, 0.1) is 12.2 Å². The number of nitrogens with zero attached hydrogens (tertiary/aromatic N) is 1. The standard InChI is InChI=1S/C14H17FN2S/c1-3-5-17-14(11-7-10(2)18-9-11)12-4-6-16-8-13(12)15/h4,6-9,14,17H,3,5H2,1-2H3. The molecule has 18 heavy (non-hydrogen) atoms. The number of thiophene rings is 1. The largest absolute Gasteiger partial charge is 0.306 e. The fourth-order valence-corrected chi connectivity index (χ4v) is 2.66. The third-order valence-electron chi connectivity index (χ3n) is 2.80. The van der Waals surface area contributed by atoms with Crippen molar-refractivity contribution in [3.8, 4) is 0 Å². The summed E-state index contributed by atoms with van der Waals surface area (Å²) in [6, 6.07) is 3.77. The van der Waals surface area contributed by atoms with E-state index in [-0.39, 0.29) is 11.9 Å². The molecule has 0 bridgehead atoms. The SMILES string of the molecule is CCCNC(c1csc(C)c1)c1ccncc1F. The molecular formula is C14H17FN2S. The van der Waals surface area contributed by atoms with Crippen molar-refractivity contribution in [3.05, 3.63) is 51.7 Å². The van der Waals surface area contributed by atoms with Crippen molar-refractivity contribution in [3.63, 3.8) is 0 Å². The van der Waals surface area contributed by atoms with Crippen LogP contribution in [-0.2, 0) is 0 Å². The first-order chi connectivity index (χ1) is 8.72. The van der Waals surface area contributed by atoms with Gasteiger partial charge in [-0.25, -0.2) is 4.39 Å². The van der Waals surface area contributed by atoms with E-state index in [9.17, 15) is 4.39 Å². The van der Waals surface area contributed by atoms with Gasteiger partial charge in [-0.15, -0.1) is 11.3 Å². The van der Waals surface area contributed by atoms with Crippen molar-refractivity contribution >= 4 is 11.3 Å². The summed E-state index contributed by atoms with van der Waals surface area (Å²) in [5, 5.41) is 5.48. The molecule has 0 aliphatic rings. The fraction of sp³-hybridized carbons (Fsp3) is 0.357. The number of aromatic nitrogens is 1. The molecule has 96 valence electrons. The van der Waals surface area contributed by atoms with Gasteiger partial charge < -0.3 is 5.32 Å². The number of pyridine rings is 1. The number of hydrogen-bond acceptors (Lipinski definition) is 3. The van der Waals surface area contributed by atoms with Crippen LogP contribution in [0, 0.1) is 12.7 Å². The Morgan fingerprint density at radius 3 is 2.94 bits per heavy atom. The van der Waals surface area contributed by atoms with Gasteiger partial charge in [0.15, 0.2) is 0 Å². The molecule has 0 spiro atoms. The Morgan fingerprint density at radius 1 is 1.50 bits per heavy atom. The molecule has 0 saturated carbocycles. The van der Waals surface area contributed by atoms with Crippen molar-refractivity contribution < 1.29 is 4.39 Å². The quantitative estimate of drug-likeness (QED) is 0.891. The van der Waals surface area contributed by atoms with Gasteiger partial charge in [0.2, 0.25) is 0 Å². The highest BCUT2D eigenvalue weighted by atomic mass is 32.1. The molecule has 2 heterocycles. The predicted molar refractivity (Wildman–Crippen MR) is 73.4 cm³/mol. The van der Waals surface area contributed by atoms with E-state index in [2.05, 4.69) is 35.6 Å². The lowest BCUT2D eigenvalue weighted by Crippen LogP contribution is -2.23. The maximum atomic E-state index is 13.9. The van der Waals surface area contributed by atoms with E-state index >= 15 is 0 Å². The Balaban J connectivity index is 2.33. The number of hydrogen-bond donors (Lipinski definition) is 1. The zero-order valence-electron chi connectivity index (χ0n) is 10.6. The van der Waals surface area contributed by atoms with Gasteiger partial charge >= 0.3 is 0 Å². The highest BCUT2D eigenvalue weighted by molar-refractivity contribution is 7.10. The molecule has 1 atom stereocenters. The van der Waals surface area contributed by atoms with Crippen LogP contribution in [0.2, 0.25) is 0 Å². The van der Waals surface area contributed by atoms with Gasteiger partial charge in [-0.3, -0.25) is 4.98 Å². The lowest BCUT2D eigenvalue weighted by atomic mass is 10.0. The Kier molecular flexibility index (Phi) is 4.44. The summed E-state index contributed by atoms with van der Waals surface area (Å²) in [4.78, 5) is 5.04. The minimum atomic E-state index is -0.255. The molecule has 1 N–H and O–H groups in total. The molecule has 0 radical (unpaired) electrons. The average Bonchev–Trinajstić information content (AvgIpc) is 2.78. The van der Waals surface area contributed by atoms with Crippen molar-refractivity contribution in [2.75, 3.05) is 6.54 Å². The maximum absolute atomic E-state index is 13.9. The molecular weight excluding hydrogens is 247 g/mol. The first-order valence-electron chi connectivity index (χ1n) is 6.10. The Hall–Kier alpha value is -1.26. The van der Waals surface area contributed by atoms with Crippen LogP contribution in [0.5, 0.6) is 0 Å². The molecule has 2 nitrogen and oxygen atoms in total. The molecule has 2 rings (SSSR count). The number of rotatable bonds is 5. The van der Waals surface area contributed by atoms with Crippen LogP contribution in [0.4, 0.5) is 4.39 Å². The summed E-state index contributed by atoms with van der Waals surface area (Å²) >= 11 is 1.69. The van der Waals surface area contributed by atoms with E-state index in [0.29, 0.717) is 5.56 Å². The monoisotopic (exact) mass is 264 g/mol. The molecule has 2 aromatic heterocycles. The molecule has 0 saturated heterocycles. The molecule has 2 aromatic rings. The first-order valence-corrected chi connectivity index (χ1v) is 6.98. The summed E-state index contributed by atoms with van der Waals surface area (Å²) in [5.74, 6) is -0.255. The first kappa shape index (κ1) is 13.2. The van der Waals surface area contributed by atoms with Gasteiger partial charge in [-0.1, -0.05) is 6.92 Å². The lowest BCUT2D eigenvalue weighted by Gasteiger charge is -2.18. The highest BCUT2D eigenvalue weighted by Gasteiger charge is 2.18. The van der Waals surface area contributed by atoms with Crippen LogP contribution in [-0.4, -0.2) is 11.5 Å². The van der Waals surface area contributed by atoms with Crippen LogP contribution in [0.1, 0.15) is 35.4 Å². The molecule has 1 unspecified atom stereocenters. The number of nitrogens with one attached hydrogen (secondary N) is 1. The zero-order valence-corrected chi connectivity index (χ0v) is 11.4. The maximum Gasteiger partial charge on any atom is 0.146 e. The van der Waals surface area contributed by atoms with Gasteiger partial charge in [0, 0.05) is 16.6 Å². The average molecular weight is 264 g/mol. The fourth-order valence-electron chi connectivity index (χ4n) is 1.93. The summed E-state index contributed by atoms with van der Waals surface area (Å²) in [5.41, 5.74) is 1.78. The molecule has 0 amide bonds. The Bertz CT molecular complexity index is 510. The third-order valence-corrected chi connectivity index (χ3v) is 3.68. The molecule has 0 aromatic carbocycles. The molecule has 0 aliphatic carbocycles. The van der Waals surface area contributed by atoms with Crippen LogP contribution in [0.15, 0.2) is 29.9 Å². The van der Waals surface area contributed by atoms with Crippen LogP contribution in [0.25, 0.3) is 0 Å². The minimum Gasteiger partial charge on any atom is -0.306 e. The van der Waals surface area contributed by atoms with E-state index in [4.69, 9.17) is 0 Å². The predicted octanol–water partition coefficient (Wildman–Crippen LogP) is 3.68. The number of halogens is 1. The second-order valence-corrected chi connectivity index (χ2v) is 5.39. The Labute approximate surface area is 111 Å². The van der Waals surface area contributed by atoms with Gasteiger partial charge in [0.1, 0.15) is 5.82 Å². The van der Waals surface area contributed by atoms with Crippen LogP contribution in [0.3, 0.4) is 0 Å². The molecule has 0 aliphatic heterocycles. The van der Waals surface area contributed by atoms with Crippen LogP contribution >= 0.6 is 11.3 Å². The van der Waals surface area contributed by atoms with E-state index < -0.39 is 0 Å². The second kappa shape index (κ2) is 6.07. The topological polar surface area (TPSA) is 24.9 Å². The second-order valence-electron chi connectivity index (χ2n) is 4.28. The van der Waals surface area contributed by atoms with Gasteiger partial charge in [0.25, 0.3) is 0 Å². The van der Waals surface area contributed by atoms with E-state index in [0.717, 1.165) is 18.5 Å². The van der Waals surface area contributed by atoms with Crippen molar-refractivity contribution in [2.45, 2.75) is 26.3 Å². The molecule has 0 fully saturated rings. The summed E-state index contributed by atoms with van der Waals surface area (Å²) in [7, 11) is 0. The summed E-state index contributed by atoms with van der Waals surface area (Å²) in [6.45, 7) is 5.03. The summed E-state index contributed by atoms with van der Waals surface area (Å²) in [6.07, 6.45) is 3.93. The van der Waals surface area contributed by atoms with Gasteiger partial charge in [-0.05, 0) is 43.0 Å². The van der Waals surface area contributed by atoms with Crippen molar-refractivity contribution in [1.82, 2.24) is 10.3 Å².